The van der Waals surface area contributed by atoms with Crippen LogP contribution in [0.15, 0.2) is 6.07 Å². The minimum atomic E-state index is -1.77. The summed E-state index contributed by atoms with van der Waals surface area (Å²) in [6.07, 6.45) is -2.14. The van der Waals surface area contributed by atoms with Crippen LogP contribution < -0.4 is 0 Å². The normalized spacial score (nSPS) is 17.1. The number of benzene rings is 1. The number of rotatable bonds is 5. The average molecular weight is 375 g/mol. The molecule has 0 radical (unpaired) electrons. The van der Waals surface area contributed by atoms with Crippen LogP contribution in [0.1, 0.15) is 33.6 Å². The summed E-state index contributed by atoms with van der Waals surface area (Å²) in [5, 5.41) is 8.93. The monoisotopic (exact) mass is 375 g/mol. The second-order valence-electron chi connectivity index (χ2n) is 5.58. The van der Waals surface area contributed by atoms with Gasteiger partial charge in [-0.25, -0.2) is 22.8 Å². The number of ether oxygens (including phenoxy) is 2. The number of carbonyl (C=O) groups is 3. The molecule has 0 aliphatic carbocycles. The van der Waals surface area contributed by atoms with Gasteiger partial charge in [0.2, 0.25) is 0 Å². The summed E-state index contributed by atoms with van der Waals surface area (Å²) in [7, 11) is 0.918. The van der Waals surface area contributed by atoms with Crippen LogP contribution in [0.25, 0.3) is 0 Å². The third-order valence-corrected chi connectivity index (χ3v) is 3.95. The number of esters is 1. The Bertz CT molecular complexity index is 739. The third-order valence-electron chi connectivity index (χ3n) is 3.95. The van der Waals surface area contributed by atoms with Crippen molar-refractivity contribution in [2.75, 3.05) is 26.8 Å². The largest absolute Gasteiger partial charge is 0.465 e. The van der Waals surface area contributed by atoms with Gasteiger partial charge in [0.15, 0.2) is 17.4 Å². The number of nitrogens with zero attached hydrogens (tertiary/aromatic N) is 1. The highest BCUT2D eigenvalue weighted by Gasteiger charge is 2.29. The number of hydrogen-bond donors (Lipinski definition) is 1. The van der Waals surface area contributed by atoms with E-state index < -0.39 is 52.5 Å². The van der Waals surface area contributed by atoms with Crippen LogP contribution in [0.2, 0.25) is 0 Å². The molecular formula is C16H16F3NO6. The Balaban J connectivity index is 2.11. The smallest absolute Gasteiger partial charge is 0.407 e. The molecule has 10 heteroatoms. The van der Waals surface area contributed by atoms with Crippen LogP contribution in [0, 0.1) is 17.5 Å². The molecule has 0 bridgehead atoms. The fraction of sp³-hybridized carbons (Fsp3) is 0.438. The molecule has 26 heavy (non-hydrogen) atoms. The summed E-state index contributed by atoms with van der Waals surface area (Å²) in [5.74, 6) is -7.12. The SMILES string of the molecule is COC(=O)c1cc(F)c(C(=O)CC[C@H]2CN(C(=O)O)CCO2)c(F)c1F. The maximum atomic E-state index is 14.0. The number of morpholine rings is 1. The zero-order valence-corrected chi connectivity index (χ0v) is 13.8. The van der Waals surface area contributed by atoms with Gasteiger partial charge in [0.05, 0.1) is 31.9 Å². The maximum absolute atomic E-state index is 14.0. The van der Waals surface area contributed by atoms with Crippen molar-refractivity contribution in [1.82, 2.24) is 4.90 Å². The van der Waals surface area contributed by atoms with Gasteiger partial charge in [-0.15, -0.1) is 0 Å². The molecule has 1 fully saturated rings. The molecule has 1 aromatic carbocycles. The lowest BCUT2D eigenvalue weighted by molar-refractivity contribution is -0.0253. The zero-order valence-electron chi connectivity index (χ0n) is 13.8. The van der Waals surface area contributed by atoms with Gasteiger partial charge in [-0.1, -0.05) is 0 Å². The van der Waals surface area contributed by atoms with Crippen LogP contribution in [0.5, 0.6) is 0 Å². The van der Waals surface area contributed by atoms with E-state index in [1.807, 2.05) is 0 Å². The highest BCUT2D eigenvalue weighted by atomic mass is 19.2. The second kappa shape index (κ2) is 8.17. The van der Waals surface area contributed by atoms with Crippen molar-refractivity contribution < 1.29 is 42.1 Å². The van der Waals surface area contributed by atoms with E-state index in [0.717, 1.165) is 12.0 Å². The highest BCUT2D eigenvalue weighted by molar-refractivity contribution is 5.98. The lowest BCUT2D eigenvalue weighted by atomic mass is 10.0. The van der Waals surface area contributed by atoms with Gasteiger partial charge in [0.1, 0.15) is 11.4 Å². The van der Waals surface area contributed by atoms with Crippen molar-refractivity contribution >= 4 is 17.8 Å². The Morgan fingerprint density at radius 2 is 2.00 bits per heavy atom. The Labute approximate surface area is 146 Å². The van der Waals surface area contributed by atoms with Gasteiger partial charge in [-0.3, -0.25) is 4.79 Å². The lowest BCUT2D eigenvalue weighted by Crippen LogP contribution is -2.45. The van der Waals surface area contributed by atoms with Gasteiger partial charge in [-0.05, 0) is 12.5 Å². The molecule has 1 aromatic rings. The number of carboxylic acid groups (broad SMARTS) is 1. The van der Waals surface area contributed by atoms with E-state index in [4.69, 9.17) is 9.84 Å². The van der Waals surface area contributed by atoms with Crippen LogP contribution in [0.4, 0.5) is 18.0 Å². The summed E-state index contributed by atoms with van der Waals surface area (Å²) in [4.78, 5) is 35.4. The average Bonchev–Trinajstić information content (AvgIpc) is 2.62. The molecule has 0 aromatic heterocycles. The first-order chi connectivity index (χ1) is 12.3. The zero-order chi connectivity index (χ0) is 19.4. The van der Waals surface area contributed by atoms with E-state index >= 15 is 0 Å². The van der Waals surface area contributed by atoms with Crippen LogP contribution >= 0.6 is 0 Å². The lowest BCUT2D eigenvalue weighted by Gasteiger charge is -2.30. The summed E-state index contributed by atoms with van der Waals surface area (Å²) in [6.45, 7) is 0.336. The molecular weight excluding hydrogens is 359 g/mol. The fourth-order valence-electron chi connectivity index (χ4n) is 2.59. The molecule has 0 saturated carbocycles. The van der Waals surface area contributed by atoms with E-state index in [1.54, 1.807) is 0 Å². The Hall–Kier alpha value is -2.62. The van der Waals surface area contributed by atoms with Gasteiger partial charge >= 0.3 is 12.1 Å². The summed E-state index contributed by atoms with van der Waals surface area (Å²) in [5.41, 5.74) is -2.05. The first-order valence-electron chi connectivity index (χ1n) is 7.64. The van der Waals surface area contributed by atoms with Crippen molar-refractivity contribution in [1.29, 1.82) is 0 Å². The molecule has 1 aliphatic heterocycles. The first kappa shape index (κ1) is 19.7. The van der Waals surface area contributed by atoms with Crippen LogP contribution in [0.3, 0.4) is 0 Å². The first-order valence-corrected chi connectivity index (χ1v) is 7.64. The molecule has 1 saturated heterocycles. The van der Waals surface area contributed by atoms with E-state index in [9.17, 15) is 27.6 Å². The van der Waals surface area contributed by atoms with Crippen molar-refractivity contribution in [3.8, 4) is 0 Å². The van der Waals surface area contributed by atoms with E-state index in [2.05, 4.69) is 4.74 Å². The van der Waals surface area contributed by atoms with Gasteiger partial charge in [0, 0.05) is 13.0 Å². The number of Topliss-reactive ketones (excluding diaryl/α,β-unsaturated/α-hetero) is 1. The summed E-state index contributed by atoms with van der Waals surface area (Å²) >= 11 is 0. The third kappa shape index (κ3) is 4.13. The van der Waals surface area contributed by atoms with E-state index in [0.29, 0.717) is 6.07 Å². The van der Waals surface area contributed by atoms with Gasteiger partial charge in [-0.2, -0.15) is 0 Å². The summed E-state index contributed by atoms with van der Waals surface area (Å²) in [6, 6.07) is 0.404. The van der Waals surface area contributed by atoms with Crippen molar-refractivity contribution in [3.63, 3.8) is 0 Å². The number of ketones is 1. The quantitative estimate of drug-likeness (QED) is 0.482. The second-order valence-corrected chi connectivity index (χ2v) is 5.58. The molecule has 2 rings (SSSR count). The molecule has 1 aliphatic rings. The van der Waals surface area contributed by atoms with Crippen molar-refractivity contribution in [2.45, 2.75) is 18.9 Å². The van der Waals surface area contributed by atoms with E-state index in [1.165, 1.54) is 0 Å². The molecule has 1 heterocycles. The molecule has 0 unspecified atom stereocenters. The minimum Gasteiger partial charge on any atom is -0.465 e. The fourth-order valence-corrected chi connectivity index (χ4v) is 2.59. The van der Waals surface area contributed by atoms with Crippen LogP contribution in [-0.2, 0) is 9.47 Å². The number of halogens is 3. The molecule has 142 valence electrons. The predicted molar refractivity (Wildman–Crippen MR) is 80.6 cm³/mol. The predicted octanol–water partition coefficient (Wildman–Crippen LogP) is 2.23. The standard InChI is InChI=1S/C16H16F3NO6/c1-25-15(22)9-6-10(17)12(14(19)13(9)18)11(21)3-2-8-7-20(16(23)24)4-5-26-8/h6,8H,2-5,7H2,1H3,(H,23,24)/t8-/m0/s1. The van der Waals surface area contributed by atoms with Gasteiger partial charge < -0.3 is 19.5 Å². The van der Waals surface area contributed by atoms with Crippen molar-refractivity contribution in [3.05, 3.63) is 34.6 Å². The number of carbonyl (C=O) groups excluding carboxylic acids is 2. The maximum Gasteiger partial charge on any atom is 0.407 e. The Morgan fingerprint density at radius 1 is 1.31 bits per heavy atom. The number of amides is 1. The molecule has 1 amide bonds. The van der Waals surface area contributed by atoms with E-state index in [-0.39, 0.29) is 32.5 Å². The topological polar surface area (TPSA) is 93.1 Å². The Kier molecular flexibility index (Phi) is 6.19. The Morgan fingerprint density at radius 3 is 2.62 bits per heavy atom. The van der Waals surface area contributed by atoms with Gasteiger partial charge in [0.25, 0.3) is 0 Å². The molecule has 0 spiro atoms. The highest BCUT2D eigenvalue weighted by Crippen LogP contribution is 2.23. The van der Waals surface area contributed by atoms with Crippen molar-refractivity contribution in [2.24, 2.45) is 0 Å². The molecule has 7 nitrogen and oxygen atoms in total. The molecule has 1 N–H and O–H groups in total. The number of methoxy groups -OCH3 is 1. The van der Waals surface area contributed by atoms with Crippen LogP contribution in [-0.4, -0.2) is 60.8 Å². The molecule has 1 atom stereocenters. The minimum absolute atomic E-state index is 0.00185. The number of hydrogen-bond acceptors (Lipinski definition) is 5. The summed E-state index contributed by atoms with van der Waals surface area (Å²) < 4.78 is 51.5.